The van der Waals surface area contributed by atoms with Crippen LogP contribution in [0.25, 0.3) is 0 Å². The molecular formula is C12H25N3O2. The van der Waals surface area contributed by atoms with E-state index in [4.69, 9.17) is 0 Å². The molecule has 0 heterocycles. The molecule has 5 heteroatoms. The average molecular weight is 243 g/mol. The SMILES string of the molecule is CC(C(=O)NC(C)(C)C)N(C)CC(=O)N(C)C. The Morgan fingerprint density at radius 3 is 2.00 bits per heavy atom. The highest BCUT2D eigenvalue weighted by molar-refractivity contribution is 5.83. The van der Waals surface area contributed by atoms with Gasteiger partial charge in [-0.15, -0.1) is 0 Å². The molecule has 0 spiro atoms. The van der Waals surface area contributed by atoms with Gasteiger partial charge in [-0.2, -0.15) is 0 Å². The standard InChI is InChI=1S/C12H25N3O2/c1-9(11(17)13-12(2,3)4)15(7)8-10(16)14(5)6/h9H,8H2,1-7H3,(H,13,17). The van der Waals surface area contributed by atoms with Gasteiger partial charge >= 0.3 is 0 Å². The van der Waals surface area contributed by atoms with Crippen LogP contribution >= 0.6 is 0 Å². The Kier molecular flexibility index (Phi) is 5.61. The molecule has 0 rings (SSSR count). The molecule has 0 aromatic heterocycles. The molecular weight excluding hydrogens is 218 g/mol. The predicted molar refractivity (Wildman–Crippen MR) is 68.7 cm³/mol. The van der Waals surface area contributed by atoms with Crippen molar-refractivity contribution < 1.29 is 9.59 Å². The largest absolute Gasteiger partial charge is 0.350 e. The van der Waals surface area contributed by atoms with Crippen LogP contribution in [-0.2, 0) is 9.59 Å². The highest BCUT2D eigenvalue weighted by Gasteiger charge is 2.23. The first-order chi connectivity index (χ1) is 7.54. The Morgan fingerprint density at radius 2 is 1.65 bits per heavy atom. The zero-order chi connectivity index (χ0) is 13.8. The third-order valence-electron chi connectivity index (χ3n) is 2.42. The van der Waals surface area contributed by atoms with Crippen molar-refractivity contribution in [3.63, 3.8) is 0 Å². The van der Waals surface area contributed by atoms with Crippen molar-refractivity contribution in [2.24, 2.45) is 0 Å². The maximum Gasteiger partial charge on any atom is 0.237 e. The van der Waals surface area contributed by atoms with E-state index in [1.165, 1.54) is 4.90 Å². The summed E-state index contributed by atoms with van der Waals surface area (Å²) < 4.78 is 0. The Morgan fingerprint density at radius 1 is 1.18 bits per heavy atom. The fourth-order valence-corrected chi connectivity index (χ4v) is 1.17. The highest BCUT2D eigenvalue weighted by Crippen LogP contribution is 2.03. The molecule has 0 radical (unpaired) electrons. The molecule has 2 amide bonds. The number of amides is 2. The summed E-state index contributed by atoms with van der Waals surface area (Å²) in [5.74, 6) is -0.0746. The summed E-state index contributed by atoms with van der Waals surface area (Å²) >= 11 is 0. The zero-order valence-electron chi connectivity index (χ0n) is 12.0. The molecule has 1 unspecified atom stereocenters. The molecule has 0 bridgehead atoms. The number of likely N-dealkylation sites (N-methyl/N-ethyl adjacent to an activating group) is 2. The molecule has 0 saturated heterocycles. The van der Waals surface area contributed by atoms with Crippen LogP contribution in [0.4, 0.5) is 0 Å². The van der Waals surface area contributed by atoms with Crippen LogP contribution in [0.15, 0.2) is 0 Å². The minimum absolute atomic E-state index is 0.0112. The number of rotatable bonds is 4. The van der Waals surface area contributed by atoms with E-state index in [1.54, 1.807) is 33.0 Å². The van der Waals surface area contributed by atoms with Gasteiger partial charge < -0.3 is 10.2 Å². The number of carbonyl (C=O) groups is 2. The lowest BCUT2D eigenvalue weighted by molar-refractivity contribution is -0.132. The lowest BCUT2D eigenvalue weighted by Gasteiger charge is -2.28. The van der Waals surface area contributed by atoms with Crippen molar-refractivity contribution in [1.82, 2.24) is 15.1 Å². The highest BCUT2D eigenvalue weighted by atomic mass is 16.2. The monoisotopic (exact) mass is 243 g/mol. The molecule has 0 saturated carbocycles. The third-order valence-corrected chi connectivity index (χ3v) is 2.42. The van der Waals surface area contributed by atoms with E-state index in [0.29, 0.717) is 0 Å². The Hall–Kier alpha value is -1.10. The van der Waals surface area contributed by atoms with Crippen LogP contribution in [0.2, 0.25) is 0 Å². The Balaban J connectivity index is 4.35. The lowest BCUT2D eigenvalue weighted by Crippen LogP contribution is -2.51. The third kappa shape index (κ3) is 6.26. The molecule has 100 valence electrons. The maximum absolute atomic E-state index is 11.9. The second-order valence-electron chi connectivity index (χ2n) is 5.62. The van der Waals surface area contributed by atoms with Crippen molar-refractivity contribution in [2.75, 3.05) is 27.7 Å². The fraction of sp³-hybridized carbons (Fsp3) is 0.833. The number of nitrogens with zero attached hydrogens (tertiary/aromatic N) is 2. The minimum Gasteiger partial charge on any atom is -0.350 e. The van der Waals surface area contributed by atoms with E-state index in [2.05, 4.69) is 5.32 Å². The summed E-state index contributed by atoms with van der Waals surface area (Å²) in [6.45, 7) is 7.84. The summed E-state index contributed by atoms with van der Waals surface area (Å²) in [7, 11) is 5.18. The van der Waals surface area contributed by atoms with E-state index >= 15 is 0 Å². The fourth-order valence-electron chi connectivity index (χ4n) is 1.17. The average Bonchev–Trinajstić information content (AvgIpc) is 2.13. The molecule has 0 aliphatic rings. The zero-order valence-corrected chi connectivity index (χ0v) is 12.0. The summed E-state index contributed by atoms with van der Waals surface area (Å²) in [6, 6.07) is -0.321. The van der Waals surface area contributed by atoms with Crippen molar-refractivity contribution in [1.29, 1.82) is 0 Å². The number of hydrogen-bond acceptors (Lipinski definition) is 3. The second-order valence-corrected chi connectivity index (χ2v) is 5.62. The van der Waals surface area contributed by atoms with Gasteiger partial charge in [-0.05, 0) is 34.7 Å². The van der Waals surface area contributed by atoms with E-state index in [9.17, 15) is 9.59 Å². The Bertz CT molecular complexity index is 282. The van der Waals surface area contributed by atoms with E-state index < -0.39 is 0 Å². The van der Waals surface area contributed by atoms with Gasteiger partial charge in [0.25, 0.3) is 0 Å². The lowest BCUT2D eigenvalue weighted by atomic mass is 10.1. The summed E-state index contributed by atoms with van der Waals surface area (Å²) in [5.41, 5.74) is -0.252. The van der Waals surface area contributed by atoms with Crippen molar-refractivity contribution in [3.05, 3.63) is 0 Å². The molecule has 5 nitrogen and oxygen atoms in total. The Labute approximate surface area is 104 Å². The van der Waals surface area contributed by atoms with Gasteiger partial charge in [-0.25, -0.2) is 0 Å². The van der Waals surface area contributed by atoms with Crippen molar-refractivity contribution >= 4 is 11.8 Å². The molecule has 1 atom stereocenters. The van der Waals surface area contributed by atoms with Crippen LogP contribution in [0.1, 0.15) is 27.7 Å². The number of nitrogens with one attached hydrogen (secondary N) is 1. The van der Waals surface area contributed by atoms with Crippen molar-refractivity contribution in [2.45, 2.75) is 39.3 Å². The number of hydrogen-bond donors (Lipinski definition) is 1. The summed E-state index contributed by atoms with van der Waals surface area (Å²) in [6.07, 6.45) is 0. The van der Waals surface area contributed by atoms with Gasteiger partial charge in [0, 0.05) is 19.6 Å². The van der Waals surface area contributed by atoms with E-state index in [1.807, 2.05) is 20.8 Å². The maximum atomic E-state index is 11.9. The molecule has 1 N–H and O–H groups in total. The summed E-state index contributed by atoms with van der Waals surface area (Å²) in [5, 5.41) is 2.90. The first-order valence-electron chi connectivity index (χ1n) is 5.77. The first kappa shape index (κ1) is 15.9. The van der Waals surface area contributed by atoms with Crippen LogP contribution in [0.5, 0.6) is 0 Å². The first-order valence-corrected chi connectivity index (χ1v) is 5.77. The summed E-state index contributed by atoms with van der Waals surface area (Å²) in [4.78, 5) is 26.7. The molecule has 0 aliphatic carbocycles. The van der Waals surface area contributed by atoms with Gasteiger partial charge in [0.05, 0.1) is 12.6 Å². The smallest absolute Gasteiger partial charge is 0.237 e. The quantitative estimate of drug-likeness (QED) is 0.773. The molecule has 0 aromatic rings. The van der Waals surface area contributed by atoms with Crippen LogP contribution in [0.3, 0.4) is 0 Å². The van der Waals surface area contributed by atoms with Gasteiger partial charge in [0.15, 0.2) is 0 Å². The van der Waals surface area contributed by atoms with Gasteiger partial charge in [-0.3, -0.25) is 14.5 Å². The second kappa shape index (κ2) is 6.00. The number of carbonyl (C=O) groups excluding carboxylic acids is 2. The normalized spacial score (nSPS) is 13.4. The van der Waals surface area contributed by atoms with Crippen LogP contribution in [-0.4, -0.2) is 60.9 Å². The van der Waals surface area contributed by atoms with Gasteiger partial charge in [0.1, 0.15) is 0 Å². The topological polar surface area (TPSA) is 52.7 Å². The minimum atomic E-state index is -0.321. The van der Waals surface area contributed by atoms with Crippen molar-refractivity contribution in [3.8, 4) is 0 Å². The molecule has 0 aliphatic heterocycles. The molecule has 0 aromatic carbocycles. The van der Waals surface area contributed by atoms with E-state index in [-0.39, 0.29) is 29.9 Å². The molecule has 0 fully saturated rings. The molecule has 17 heavy (non-hydrogen) atoms. The van der Waals surface area contributed by atoms with Gasteiger partial charge in [-0.1, -0.05) is 0 Å². The predicted octanol–water partition coefficient (Wildman–Crippen LogP) is 0.310. The van der Waals surface area contributed by atoms with Crippen LogP contribution < -0.4 is 5.32 Å². The van der Waals surface area contributed by atoms with E-state index in [0.717, 1.165) is 0 Å². The van der Waals surface area contributed by atoms with Gasteiger partial charge in [0.2, 0.25) is 11.8 Å². The van der Waals surface area contributed by atoms with Crippen LogP contribution in [0, 0.1) is 0 Å².